The molecule has 0 aliphatic carbocycles. The molecule has 6 nitrogen and oxygen atoms in total. The number of likely N-dealkylation sites (N-methyl/N-ethyl adjacent to an activating group) is 1. The summed E-state index contributed by atoms with van der Waals surface area (Å²) in [4.78, 5) is 23.2. The molecule has 17 heavy (non-hydrogen) atoms. The van der Waals surface area contributed by atoms with Gasteiger partial charge in [0, 0.05) is 17.7 Å². The zero-order chi connectivity index (χ0) is 12.5. The lowest BCUT2D eigenvalue weighted by atomic mass is 10.3. The van der Waals surface area contributed by atoms with Crippen molar-refractivity contribution in [1.82, 2.24) is 14.8 Å². The Morgan fingerprint density at radius 1 is 1.41 bits per heavy atom. The second kappa shape index (κ2) is 4.06. The molecule has 88 valence electrons. The number of carbonyl (C=O) groups excluding carboxylic acids is 1. The summed E-state index contributed by atoms with van der Waals surface area (Å²) < 4.78 is -0.242. The van der Waals surface area contributed by atoms with Crippen molar-refractivity contribution in [2.75, 3.05) is 6.54 Å². The maximum Gasteiger partial charge on any atom is 0.371 e. The van der Waals surface area contributed by atoms with Crippen molar-refractivity contribution in [1.29, 1.82) is 0 Å². The van der Waals surface area contributed by atoms with Crippen molar-refractivity contribution in [2.45, 2.75) is 13.8 Å². The highest BCUT2D eigenvalue weighted by Gasteiger charge is 2.39. The predicted octanol–water partition coefficient (Wildman–Crippen LogP) is 0.488. The third-order valence-electron chi connectivity index (χ3n) is 2.77. The molecule has 1 N–H and O–H groups in total. The Kier molecular flexibility index (Phi) is 2.72. The van der Waals surface area contributed by atoms with Crippen LogP contribution in [0.25, 0.3) is 0 Å². The van der Waals surface area contributed by atoms with E-state index in [-0.39, 0.29) is 16.1 Å². The fraction of sp³-hybridized carbons (Fsp3) is 0.273. The zero-order valence-corrected chi connectivity index (χ0v) is 9.67. The number of hydrogen-bond acceptors (Lipinski definition) is 4. The van der Waals surface area contributed by atoms with Crippen molar-refractivity contribution >= 4 is 17.9 Å². The largest absolute Gasteiger partial charge is 0.371 e. The average molecular weight is 233 g/mol. The van der Waals surface area contributed by atoms with Gasteiger partial charge in [-0.3, -0.25) is 4.79 Å². The van der Waals surface area contributed by atoms with E-state index in [0.29, 0.717) is 17.9 Å². The van der Waals surface area contributed by atoms with E-state index in [9.17, 15) is 9.59 Å². The molecule has 0 radical (unpaired) electrons. The fourth-order valence-corrected chi connectivity index (χ4v) is 1.71. The first-order chi connectivity index (χ1) is 8.10. The molecule has 1 amide bonds. The second-order valence-corrected chi connectivity index (χ2v) is 3.79. The van der Waals surface area contributed by atoms with Crippen molar-refractivity contribution in [3.63, 3.8) is 0 Å². The van der Waals surface area contributed by atoms with Gasteiger partial charge in [-0.2, -0.15) is 0 Å². The number of allylic oxidation sites excluding steroid dienone is 1. The standard InChI is InChI=1S/C11H12N4O2/c1-3-15(10(16)5-4-6-12-15)9-7-8(2)11(17)14-13-9/h4-7H,3H2,1-2H3/p+1. The van der Waals surface area contributed by atoms with Gasteiger partial charge in [-0.15, -0.1) is 5.10 Å². The Bertz CT molecular complexity index is 573. The van der Waals surface area contributed by atoms with E-state index in [4.69, 9.17) is 0 Å². The van der Waals surface area contributed by atoms with Crippen LogP contribution in [0.1, 0.15) is 12.5 Å². The number of rotatable bonds is 2. The molecule has 0 fully saturated rings. The molecule has 0 saturated heterocycles. The third kappa shape index (κ3) is 1.72. The van der Waals surface area contributed by atoms with E-state index in [1.54, 1.807) is 25.3 Å². The Morgan fingerprint density at radius 3 is 2.76 bits per heavy atom. The molecule has 0 bridgehead atoms. The molecule has 1 aromatic heterocycles. The molecular weight excluding hydrogens is 220 g/mol. The third-order valence-corrected chi connectivity index (χ3v) is 2.77. The molecule has 0 saturated carbocycles. The number of amides is 1. The van der Waals surface area contributed by atoms with Crippen LogP contribution in [0.15, 0.2) is 28.1 Å². The monoisotopic (exact) mass is 233 g/mol. The van der Waals surface area contributed by atoms with Crippen LogP contribution in [0.2, 0.25) is 0 Å². The van der Waals surface area contributed by atoms with E-state index < -0.39 is 0 Å². The Balaban J connectivity index is 2.59. The highest BCUT2D eigenvalue weighted by atomic mass is 16.2. The maximum atomic E-state index is 12.0. The van der Waals surface area contributed by atoms with Gasteiger partial charge in [-0.1, -0.05) is 9.69 Å². The number of carbonyl (C=O) groups is 1. The first kappa shape index (κ1) is 11.4. The van der Waals surface area contributed by atoms with Gasteiger partial charge in [0.15, 0.2) is 0 Å². The summed E-state index contributed by atoms with van der Waals surface area (Å²) in [7, 11) is 0. The maximum absolute atomic E-state index is 12.0. The number of nitrogens with zero attached hydrogens (tertiary/aromatic N) is 3. The lowest BCUT2D eigenvalue weighted by molar-refractivity contribution is -0.125. The quantitative estimate of drug-likeness (QED) is 0.755. The van der Waals surface area contributed by atoms with Crippen molar-refractivity contribution < 1.29 is 4.79 Å². The van der Waals surface area contributed by atoms with E-state index >= 15 is 0 Å². The van der Waals surface area contributed by atoms with Crippen LogP contribution in [0, 0.1) is 6.92 Å². The summed E-state index contributed by atoms with van der Waals surface area (Å²) in [6.07, 6.45) is 4.61. The van der Waals surface area contributed by atoms with Gasteiger partial charge in [0.25, 0.3) is 11.4 Å². The fourth-order valence-electron chi connectivity index (χ4n) is 1.71. The number of hydrogen-bond donors (Lipinski definition) is 1. The number of nitrogens with one attached hydrogen (secondary N) is 1. The molecule has 1 unspecified atom stereocenters. The van der Waals surface area contributed by atoms with Gasteiger partial charge in [0.2, 0.25) is 0 Å². The first-order valence-electron chi connectivity index (χ1n) is 5.32. The highest BCUT2D eigenvalue weighted by molar-refractivity contribution is 6.01. The Labute approximate surface area is 97.9 Å². The van der Waals surface area contributed by atoms with Crippen LogP contribution in [0.3, 0.4) is 0 Å². The van der Waals surface area contributed by atoms with Gasteiger partial charge in [-0.25, -0.2) is 9.89 Å². The van der Waals surface area contributed by atoms with Crippen LogP contribution in [-0.4, -0.2) is 28.9 Å². The van der Waals surface area contributed by atoms with Crippen molar-refractivity contribution in [3.8, 4) is 0 Å². The molecule has 1 atom stereocenters. The van der Waals surface area contributed by atoms with Crippen LogP contribution in [0.4, 0.5) is 5.82 Å². The number of aryl methyl sites for hydroxylation is 1. The normalized spacial score (nSPS) is 23.1. The van der Waals surface area contributed by atoms with Gasteiger partial charge >= 0.3 is 5.91 Å². The summed E-state index contributed by atoms with van der Waals surface area (Å²) in [6, 6.07) is 1.59. The molecule has 0 spiro atoms. The molecule has 2 rings (SSSR count). The molecule has 1 aromatic rings. The minimum Gasteiger partial charge on any atom is -0.268 e. The summed E-state index contributed by atoms with van der Waals surface area (Å²) in [5, 5.41) is 10.5. The molecule has 0 aromatic carbocycles. The number of quaternary nitrogens is 1. The van der Waals surface area contributed by atoms with E-state index in [0.717, 1.165) is 0 Å². The predicted molar refractivity (Wildman–Crippen MR) is 64.6 cm³/mol. The molecular formula is C11H13N4O2+. The van der Waals surface area contributed by atoms with Gasteiger partial charge in [-0.05, 0) is 19.9 Å². The topological polar surface area (TPSA) is 75.2 Å². The van der Waals surface area contributed by atoms with Crippen LogP contribution in [0.5, 0.6) is 0 Å². The van der Waals surface area contributed by atoms with E-state index in [1.165, 1.54) is 6.08 Å². The Hall–Kier alpha value is -2.08. The Morgan fingerprint density at radius 2 is 2.18 bits per heavy atom. The smallest absolute Gasteiger partial charge is 0.268 e. The van der Waals surface area contributed by atoms with Crippen LogP contribution < -0.4 is 10.2 Å². The van der Waals surface area contributed by atoms with Gasteiger partial charge in [0.1, 0.15) is 6.54 Å². The number of aromatic amines is 1. The molecule has 6 heteroatoms. The minimum absolute atomic E-state index is 0.172. The lowest BCUT2D eigenvalue weighted by Gasteiger charge is -2.26. The molecule has 1 aliphatic rings. The highest BCUT2D eigenvalue weighted by Crippen LogP contribution is 2.23. The number of H-pyrrole nitrogens is 1. The van der Waals surface area contributed by atoms with E-state index in [1.807, 2.05) is 6.92 Å². The van der Waals surface area contributed by atoms with Crippen LogP contribution >= 0.6 is 0 Å². The first-order valence-corrected chi connectivity index (χ1v) is 5.32. The van der Waals surface area contributed by atoms with E-state index in [2.05, 4.69) is 15.3 Å². The number of aromatic nitrogens is 2. The minimum atomic E-state index is -0.257. The average Bonchev–Trinajstić information content (AvgIpc) is 2.34. The second-order valence-electron chi connectivity index (χ2n) is 3.79. The summed E-state index contributed by atoms with van der Waals surface area (Å²) in [6.45, 7) is 3.96. The SMILES string of the molecule is CC[N+]1(c2cc(C)c(=O)[nH]n2)N=CC=CC1=O. The summed E-state index contributed by atoms with van der Waals surface area (Å²) in [5.41, 5.74) is 0.255. The lowest BCUT2D eigenvalue weighted by Crippen LogP contribution is -2.50. The zero-order valence-electron chi connectivity index (χ0n) is 9.67. The van der Waals surface area contributed by atoms with Gasteiger partial charge < -0.3 is 0 Å². The van der Waals surface area contributed by atoms with Gasteiger partial charge in [0.05, 0.1) is 6.21 Å². The van der Waals surface area contributed by atoms with Crippen LogP contribution in [-0.2, 0) is 4.79 Å². The molecule has 1 aliphatic heterocycles. The summed E-state index contributed by atoms with van der Waals surface area (Å²) >= 11 is 0. The molecule has 2 heterocycles. The van der Waals surface area contributed by atoms with Crippen molar-refractivity contribution in [2.24, 2.45) is 5.10 Å². The van der Waals surface area contributed by atoms with Crippen molar-refractivity contribution in [3.05, 3.63) is 34.1 Å². The summed E-state index contributed by atoms with van der Waals surface area (Å²) in [5.74, 6) is 0.254.